The quantitative estimate of drug-likeness (QED) is 0.883. The van der Waals surface area contributed by atoms with Gasteiger partial charge in [-0.15, -0.1) is 12.4 Å². The SMILES string of the molecule is Cl.NC(Cc1ccc(F)cc1F)c1ncn[nH]1. The van der Waals surface area contributed by atoms with Crippen molar-refractivity contribution in [2.75, 3.05) is 0 Å². The van der Waals surface area contributed by atoms with Gasteiger partial charge in [-0.05, 0) is 18.1 Å². The molecule has 0 fully saturated rings. The zero-order chi connectivity index (χ0) is 11.5. The molecule has 0 saturated heterocycles. The van der Waals surface area contributed by atoms with Crippen LogP contribution in [0.5, 0.6) is 0 Å². The highest BCUT2D eigenvalue weighted by molar-refractivity contribution is 5.85. The summed E-state index contributed by atoms with van der Waals surface area (Å²) in [5, 5.41) is 6.26. The first kappa shape index (κ1) is 13.5. The molecule has 0 bridgehead atoms. The average Bonchev–Trinajstić information content (AvgIpc) is 2.75. The van der Waals surface area contributed by atoms with Gasteiger partial charge in [-0.1, -0.05) is 6.07 Å². The monoisotopic (exact) mass is 260 g/mol. The zero-order valence-electron chi connectivity index (χ0n) is 8.73. The molecule has 4 nitrogen and oxygen atoms in total. The summed E-state index contributed by atoms with van der Waals surface area (Å²) in [5.74, 6) is -0.729. The van der Waals surface area contributed by atoms with Crippen LogP contribution in [0.1, 0.15) is 17.4 Å². The first-order chi connectivity index (χ1) is 7.66. The molecule has 0 spiro atoms. The van der Waals surface area contributed by atoms with Gasteiger partial charge in [0.2, 0.25) is 0 Å². The third-order valence-electron chi connectivity index (χ3n) is 2.24. The number of aromatic amines is 1. The molecular formula is C10H11ClF2N4. The molecule has 2 rings (SSSR count). The second-order valence-electron chi connectivity index (χ2n) is 3.42. The molecule has 2 aromatic rings. The van der Waals surface area contributed by atoms with Crippen molar-refractivity contribution < 1.29 is 8.78 Å². The summed E-state index contributed by atoms with van der Waals surface area (Å²) in [5.41, 5.74) is 6.14. The molecule has 0 amide bonds. The van der Waals surface area contributed by atoms with Crippen LogP contribution in [0.25, 0.3) is 0 Å². The lowest BCUT2D eigenvalue weighted by Gasteiger charge is -2.08. The Hall–Kier alpha value is -1.53. The van der Waals surface area contributed by atoms with Crippen molar-refractivity contribution in [3.8, 4) is 0 Å². The van der Waals surface area contributed by atoms with Crippen LogP contribution in [0.15, 0.2) is 24.5 Å². The van der Waals surface area contributed by atoms with Gasteiger partial charge in [-0.25, -0.2) is 13.8 Å². The van der Waals surface area contributed by atoms with Gasteiger partial charge in [0.15, 0.2) is 0 Å². The number of halogens is 3. The second kappa shape index (κ2) is 5.70. The Balaban J connectivity index is 0.00000144. The number of nitrogens with two attached hydrogens (primary N) is 1. The predicted octanol–water partition coefficient (Wildman–Crippen LogP) is 1.75. The van der Waals surface area contributed by atoms with Gasteiger partial charge in [-0.3, -0.25) is 5.10 Å². The van der Waals surface area contributed by atoms with E-state index in [1.54, 1.807) is 0 Å². The standard InChI is InChI=1S/C10H10F2N4.ClH/c11-7-2-1-6(8(12)4-7)3-9(13)10-14-5-15-16-10;/h1-2,4-5,9H,3,13H2,(H,14,15,16);1H. The highest BCUT2D eigenvalue weighted by atomic mass is 35.5. The van der Waals surface area contributed by atoms with Crippen molar-refractivity contribution in [2.24, 2.45) is 5.73 Å². The maximum atomic E-state index is 13.3. The predicted molar refractivity (Wildman–Crippen MR) is 60.6 cm³/mol. The van der Waals surface area contributed by atoms with Crippen molar-refractivity contribution in [2.45, 2.75) is 12.5 Å². The van der Waals surface area contributed by atoms with Crippen molar-refractivity contribution in [3.05, 3.63) is 47.5 Å². The number of H-pyrrole nitrogens is 1. The Labute approximate surface area is 103 Å². The number of hydrogen-bond acceptors (Lipinski definition) is 3. The van der Waals surface area contributed by atoms with Gasteiger partial charge in [0.1, 0.15) is 23.8 Å². The summed E-state index contributed by atoms with van der Waals surface area (Å²) in [4.78, 5) is 3.87. The molecule has 0 saturated carbocycles. The van der Waals surface area contributed by atoms with E-state index in [1.807, 2.05) is 0 Å². The summed E-state index contributed by atoms with van der Waals surface area (Å²) < 4.78 is 26.0. The lowest BCUT2D eigenvalue weighted by atomic mass is 10.1. The molecule has 1 unspecified atom stereocenters. The third kappa shape index (κ3) is 3.21. The minimum absolute atomic E-state index is 0. The molecule has 17 heavy (non-hydrogen) atoms. The number of benzene rings is 1. The first-order valence-corrected chi connectivity index (χ1v) is 4.71. The number of nitrogens with zero attached hydrogens (tertiary/aromatic N) is 2. The topological polar surface area (TPSA) is 67.6 Å². The molecule has 0 aliphatic carbocycles. The largest absolute Gasteiger partial charge is 0.321 e. The Morgan fingerprint density at radius 1 is 1.35 bits per heavy atom. The second-order valence-corrected chi connectivity index (χ2v) is 3.42. The zero-order valence-corrected chi connectivity index (χ0v) is 9.55. The minimum Gasteiger partial charge on any atom is -0.321 e. The van der Waals surface area contributed by atoms with Crippen molar-refractivity contribution >= 4 is 12.4 Å². The Morgan fingerprint density at radius 2 is 2.12 bits per heavy atom. The Morgan fingerprint density at radius 3 is 2.71 bits per heavy atom. The highest BCUT2D eigenvalue weighted by Gasteiger charge is 2.13. The van der Waals surface area contributed by atoms with Crippen LogP contribution in [-0.4, -0.2) is 15.2 Å². The molecule has 0 radical (unpaired) electrons. The minimum atomic E-state index is -0.602. The molecule has 3 N–H and O–H groups in total. The maximum absolute atomic E-state index is 13.3. The molecule has 1 aromatic carbocycles. The van der Waals surface area contributed by atoms with E-state index in [9.17, 15) is 8.78 Å². The smallest absolute Gasteiger partial charge is 0.141 e. The van der Waals surface area contributed by atoms with E-state index < -0.39 is 17.7 Å². The fraction of sp³-hybridized carbons (Fsp3) is 0.200. The number of hydrogen-bond donors (Lipinski definition) is 2. The molecular weight excluding hydrogens is 250 g/mol. The fourth-order valence-corrected chi connectivity index (χ4v) is 1.41. The van der Waals surface area contributed by atoms with Gasteiger partial charge in [0, 0.05) is 6.07 Å². The first-order valence-electron chi connectivity index (χ1n) is 4.71. The summed E-state index contributed by atoms with van der Waals surface area (Å²) in [6.07, 6.45) is 1.57. The molecule has 0 aliphatic heterocycles. The lowest BCUT2D eigenvalue weighted by molar-refractivity contribution is 0.559. The number of aromatic nitrogens is 3. The third-order valence-corrected chi connectivity index (χ3v) is 2.24. The molecule has 1 aromatic heterocycles. The number of nitrogens with one attached hydrogen (secondary N) is 1. The summed E-state index contributed by atoms with van der Waals surface area (Å²) >= 11 is 0. The fourth-order valence-electron chi connectivity index (χ4n) is 1.41. The van der Waals surface area contributed by atoms with Crippen molar-refractivity contribution in [1.29, 1.82) is 0 Å². The molecule has 92 valence electrons. The van der Waals surface area contributed by atoms with E-state index in [2.05, 4.69) is 15.2 Å². The number of rotatable bonds is 3. The van der Waals surface area contributed by atoms with Gasteiger partial charge in [-0.2, -0.15) is 5.10 Å². The Bertz CT molecular complexity index is 475. The Kier molecular flexibility index (Phi) is 4.53. The van der Waals surface area contributed by atoms with E-state index in [0.29, 0.717) is 11.4 Å². The summed E-state index contributed by atoms with van der Waals surface area (Å²) in [6.45, 7) is 0. The normalized spacial score (nSPS) is 11.9. The summed E-state index contributed by atoms with van der Waals surface area (Å²) in [7, 11) is 0. The average molecular weight is 261 g/mol. The van der Waals surface area contributed by atoms with Gasteiger partial charge >= 0.3 is 0 Å². The van der Waals surface area contributed by atoms with Crippen LogP contribution in [-0.2, 0) is 6.42 Å². The molecule has 1 atom stereocenters. The van der Waals surface area contributed by atoms with E-state index in [0.717, 1.165) is 6.07 Å². The highest BCUT2D eigenvalue weighted by Crippen LogP contribution is 2.16. The molecule has 7 heteroatoms. The molecule has 1 heterocycles. The van der Waals surface area contributed by atoms with Crippen molar-refractivity contribution in [1.82, 2.24) is 15.2 Å². The van der Waals surface area contributed by atoms with Crippen LogP contribution < -0.4 is 5.73 Å². The van der Waals surface area contributed by atoms with Crippen LogP contribution >= 0.6 is 12.4 Å². The van der Waals surface area contributed by atoms with Gasteiger partial charge < -0.3 is 5.73 Å². The molecule has 0 aliphatic rings. The lowest BCUT2D eigenvalue weighted by Crippen LogP contribution is -2.15. The van der Waals surface area contributed by atoms with Gasteiger partial charge in [0.25, 0.3) is 0 Å². The van der Waals surface area contributed by atoms with E-state index in [1.165, 1.54) is 18.5 Å². The van der Waals surface area contributed by atoms with Crippen LogP contribution in [0, 0.1) is 11.6 Å². The maximum Gasteiger partial charge on any atom is 0.141 e. The van der Waals surface area contributed by atoms with Crippen LogP contribution in [0.2, 0.25) is 0 Å². The summed E-state index contributed by atoms with van der Waals surface area (Å²) in [6, 6.07) is 2.93. The van der Waals surface area contributed by atoms with E-state index in [4.69, 9.17) is 5.73 Å². The van der Waals surface area contributed by atoms with Crippen LogP contribution in [0.3, 0.4) is 0 Å². The van der Waals surface area contributed by atoms with E-state index >= 15 is 0 Å². The van der Waals surface area contributed by atoms with Gasteiger partial charge in [0.05, 0.1) is 6.04 Å². The van der Waals surface area contributed by atoms with E-state index in [-0.39, 0.29) is 18.8 Å². The van der Waals surface area contributed by atoms with Crippen molar-refractivity contribution in [3.63, 3.8) is 0 Å². The van der Waals surface area contributed by atoms with Crippen LogP contribution in [0.4, 0.5) is 8.78 Å².